The van der Waals surface area contributed by atoms with Crippen LogP contribution in [-0.4, -0.2) is 4.98 Å². The molecule has 0 spiro atoms. The molecule has 0 aromatic carbocycles. The molecule has 60 valence electrons. The summed E-state index contributed by atoms with van der Waals surface area (Å²) in [5.41, 5.74) is -0.334. The highest BCUT2D eigenvalue weighted by Crippen LogP contribution is 2.30. The SMILES string of the molecule is FC(F)c1cncc(Cl)c1Cl. The highest BCUT2D eigenvalue weighted by atomic mass is 35.5. The first-order chi connectivity index (χ1) is 5.13. The molecule has 0 aliphatic heterocycles. The Kier molecular flexibility index (Phi) is 2.62. The van der Waals surface area contributed by atoms with Crippen molar-refractivity contribution in [2.75, 3.05) is 0 Å². The Morgan fingerprint density at radius 2 is 1.91 bits per heavy atom. The van der Waals surface area contributed by atoms with Crippen LogP contribution in [0.5, 0.6) is 0 Å². The normalized spacial score (nSPS) is 10.6. The predicted molar refractivity (Wildman–Crippen MR) is 39.2 cm³/mol. The van der Waals surface area contributed by atoms with Crippen molar-refractivity contribution in [2.24, 2.45) is 0 Å². The first-order valence-electron chi connectivity index (χ1n) is 2.70. The predicted octanol–water partition coefficient (Wildman–Crippen LogP) is 3.33. The van der Waals surface area contributed by atoms with Crippen molar-refractivity contribution in [1.82, 2.24) is 4.98 Å². The van der Waals surface area contributed by atoms with Crippen LogP contribution in [0.25, 0.3) is 0 Å². The maximum atomic E-state index is 12.0. The Labute approximate surface area is 72.0 Å². The van der Waals surface area contributed by atoms with Gasteiger partial charge in [0.2, 0.25) is 0 Å². The van der Waals surface area contributed by atoms with Gasteiger partial charge in [-0.25, -0.2) is 8.78 Å². The van der Waals surface area contributed by atoms with Crippen LogP contribution in [0.2, 0.25) is 10.0 Å². The van der Waals surface area contributed by atoms with Gasteiger partial charge in [-0.15, -0.1) is 0 Å². The van der Waals surface area contributed by atoms with E-state index in [1.54, 1.807) is 0 Å². The topological polar surface area (TPSA) is 12.9 Å². The van der Waals surface area contributed by atoms with Crippen molar-refractivity contribution in [3.05, 3.63) is 28.0 Å². The maximum Gasteiger partial charge on any atom is 0.266 e. The van der Waals surface area contributed by atoms with Gasteiger partial charge < -0.3 is 0 Å². The summed E-state index contributed by atoms with van der Waals surface area (Å²) in [7, 11) is 0. The summed E-state index contributed by atoms with van der Waals surface area (Å²) in [5.74, 6) is 0. The minimum absolute atomic E-state index is 0.0458. The minimum atomic E-state index is -2.63. The molecule has 0 unspecified atom stereocenters. The van der Waals surface area contributed by atoms with Gasteiger partial charge >= 0.3 is 0 Å². The summed E-state index contributed by atoms with van der Waals surface area (Å²) in [6, 6.07) is 0. The molecule has 0 saturated carbocycles. The van der Waals surface area contributed by atoms with E-state index in [1.807, 2.05) is 0 Å². The molecule has 11 heavy (non-hydrogen) atoms. The van der Waals surface area contributed by atoms with Crippen molar-refractivity contribution >= 4 is 23.2 Å². The van der Waals surface area contributed by atoms with Crippen LogP contribution in [-0.2, 0) is 0 Å². The van der Waals surface area contributed by atoms with E-state index >= 15 is 0 Å². The average Bonchev–Trinajstić information content (AvgIpc) is 1.94. The highest BCUT2D eigenvalue weighted by Gasteiger charge is 2.13. The third-order valence-corrected chi connectivity index (χ3v) is 1.90. The zero-order valence-electron chi connectivity index (χ0n) is 5.19. The molecule has 0 atom stereocenters. The zero-order valence-corrected chi connectivity index (χ0v) is 6.70. The molecule has 0 bridgehead atoms. The second-order valence-electron chi connectivity index (χ2n) is 1.83. The molecule has 1 rings (SSSR count). The maximum absolute atomic E-state index is 12.0. The van der Waals surface area contributed by atoms with E-state index < -0.39 is 6.43 Å². The van der Waals surface area contributed by atoms with Gasteiger partial charge in [0, 0.05) is 12.4 Å². The van der Waals surface area contributed by atoms with Gasteiger partial charge in [-0.05, 0) is 0 Å². The quantitative estimate of drug-likeness (QED) is 0.674. The Morgan fingerprint density at radius 3 is 2.36 bits per heavy atom. The number of rotatable bonds is 1. The molecule has 0 aliphatic carbocycles. The Balaban J connectivity index is 3.17. The molecular formula is C6H3Cl2F2N. The van der Waals surface area contributed by atoms with Crippen molar-refractivity contribution < 1.29 is 8.78 Å². The first kappa shape index (κ1) is 8.68. The molecule has 0 fully saturated rings. The van der Waals surface area contributed by atoms with Gasteiger partial charge in [0.15, 0.2) is 0 Å². The van der Waals surface area contributed by atoms with E-state index in [0.717, 1.165) is 6.20 Å². The van der Waals surface area contributed by atoms with E-state index in [1.165, 1.54) is 6.20 Å². The number of hydrogen-bond donors (Lipinski definition) is 0. The molecule has 1 nitrogen and oxygen atoms in total. The van der Waals surface area contributed by atoms with Gasteiger partial charge in [0.1, 0.15) is 0 Å². The third kappa shape index (κ3) is 1.79. The van der Waals surface area contributed by atoms with Crippen molar-refractivity contribution in [1.29, 1.82) is 0 Å². The lowest BCUT2D eigenvalue weighted by molar-refractivity contribution is 0.151. The van der Waals surface area contributed by atoms with Crippen LogP contribution in [0, 0.1) is 0 Å². The fourth-order valence-electron chi connectivity index (χ4n) is 0.586. The number of pyridine rings is 1. The summed E-state index contributed by atoms with van der Waals surface area (Å²) in [4.78, 5) is 3.47. The largest absolute Gasteiger partial charge is 0.266 e. The fraction of sp³-hybridized carbons (Fsp3) is 0.167. The average molecular weight is 198 g/mol. The lowest BCUT2D eigenvalue weighted by Gasteiger charge is -2.01. The Morgan fingerprint density at radius 1 is 1.27 bits per heavy atom. The standard InChI is InChI=1S/C6H3Cl2F2N/c7-4-2-11-1-3(5(4)8)6(9)10/h1-2,6H. The van der Waals surface area contributed by atoms with Crippen LogP contribution in [0.3, 0.4) is 0 Å². The molecule has 0 saturated heterocycles. The smallest absolute Gasteiger partial charge is 0.263 e. The lowest BCUT2D eigenvalue weighted by Crippen LogP contribution is -1.87. The van der Waals surface area contributed by atoms with Gasteiger partial charge in [0.25, 0.3) is 6.43 Å². The van der Waals surface area contributed by atoms with E-state index in [4.69, 9.17) is 23.2 Å². The molecule has 0 aliphatic rings. The Hall–Kier alpha value is -0.410. The Bertz CT molecular complexity index is 265. The third-order valence-electron chi connectivity index (χ3n) is 1.10. The van der Waals surface area contributed by atoms with Crippen LogP contribution in [0.15, 0.2) is 12.4 Å². The van der Waals surface area contributed by atoms with E-state index in [9.17, 15) is 8.78 Å². The fourth-order valence-corrected chi connectivity index (χ4v) is 0.932. The molecule has 1 aromatic heterocycles. The second kappa shape index (κ2) is 3.32. The molecule has 5 heteroatoms. The van der Waals surface area contributed by atoms with Crippen LogP contribution < -0.4 is 0 Å². The molecule has 0 amide bonds. The highest BCUT2D eigenvalue weighted by molar-refractivity contribution is 6.42. The van der Waals surface area contributed by atoms with Crippen LogP contribution in [0.1, 0.15) is 12.0 Å². The van der Waals surface area contributed by atoms with Crippen LogP contribution in [0.4, 0.5) is 8.78 Å². The second-order valence-corrected chi connectivity index (χ2v) is 2.61. The molecule has 0 N–H and O–H groups in total. The lowest BCUT2D eigenvalue weighted by atomic mass is 10.3. The van der Waals surface area contributed by atoms with Gasteiger partial charge in [-0.2, -0.15) is 0 Å². The number of aromatic nitrogens is 1. The van der Waals surface area contributed by atoms with Crippen molar-refractivity contribution in [2.45, 2.75) is 6.43 Å². The molecular weight excluding hydrogens is 195 g/mol. The van der Waals surface area contributed by atoms with Gasteiger partial charge in [0.05, 0.1) is 15.6 Å². The summed E-state index contributed by atoms with van der Waals surface area (Å²) in [5, 5.41) is -0.0823. The monoisotopic (exact) mass is 197 g/mol. The molecule has 1 heterocycles. The minimum Gasteiger partial charge on any atom is -0.263 e. The van der Waals surface area contributed by atoms with Crippen LogP contribution >= 0.6 is 23.2 Å². The summed E-state index contributed by atoms with van der Waals surface area (Å²) >= 11 is 10.9. The number of nitrogens with zero attached hydrogens (tertiary/aromatic N) is 1. The zero-order chi connectivity index (χ0) is 8.43. The molecule has 1 aromatic rings. The van der Waals surface area contributed by atoms with E-state index in [0.29, 0.717) is 0 Å². The van der Waals surface area contributed by atoms with Gasteiger partial charge in [-0.3, -0.25) is 4.98 Å². The number of alkyl halides is 2. The van der Waals surface area contributed by atoms with Gasteiger partial charge in [-0.1, -0.05) is 23.2 Å². The number of halogens is 4. The van der Waals surface area contributed by atoms with Crippen molar-refractivity contribution in [3.8, 4) is 0 Å². The summed E-state index contributed by atoms with van der Waals surface area (Å²) in [6.07, 6.45) is -0.414. The summed E-state index contributed by atoms with van der Waals surface area (Å²) < 4.78 is 24.0. The number of hydrogen-bond acceptors (Lipinski definition) is 1. The summed E-state index contributed by atoms with van der Waals surface area (Å²) in [6.45, 7) is 0. The van der Waals surface area contributed by atoms with E-state index in [-0.39, 0.29) is 15.6 Å². The first-order valence-corrected chi connectivity index (χ1v) is 3.45. The molecule has 0 radical (unpaired) electrons. The van der Waals surface area contributed by atoms with E-state index in [2.05, 4.69) is 4.98 Å². The van der Waals surface area contributed by atoms with Crippen molar-refractivity contribution in [3.63, 3.8) is 0 Å².